The normalized spacial score (nSPS) is 10.9. The van der Waals surface area contributed by atoms with E-state index in [1.165, 1.54) is 12.1 Å². The summed E-state index contributed by atoms with van der Waals surface area (Å²) < 4.78 is 12.1. The molecule has 0 aliphatic carbocycles. The zero-order valence-corrected chi connectivity index (χ0v) is 17.5. The van der Waals surface area contributed by atoms with Crippen molar-refractivity contribution in [3.63, 3.8) is 0 Å². The Kier molecular flexibility index (Phi) is 5.29. The third-order valence-corrected chi connectivity index (χ3v) is 5.31. The lowest BCUT2D eigenvalue weighted by atomic mass is 10.0. The van der Waals surface area contributed by atoms with Crippen LogP contribution >= 0.6 is 0 Å². The number of hydrogen-bond donors (Lipinski definition) is 0. The number of hydrogen-bond acceptors (Lipinski definition) is 5. The summed E-state index contributed by atoms with van der Waals surface area (Å²) in [5.74, 6) is 0.487. The van der Waals surface area contributed by atoms with Crippen molar-refractivity contribution in [2.75, 3.05) is 0 Å². The molecule has 0 atom stereocenters. The van der Waals surface area contributed by atoms with Crippen LogP contribution < -0.4 is 10.2 Å². The second kappa shape index (κ2) is 8.07. The molecule has 6 heteroatoms. The SMILES string of the molecule is Cc1ccc(-c2oc3cc(C)c(C)cc3c(=O)c2OCc2ccc([N+](=O)[O-])cc2)cc1. The first-order valence-corrected chi connectivity index (χ1v) is 9.84. The number of nitro benzene ring substituents is 1. The van der Waals surface area contributed by atoms with Gasteiger partial charge >= 0.3 is 0 Å². The van der Waals surface area contributed by atoms with Gasteiger partial charge in [0.2, 0.25) is 11.2 Å². The maximum absolute atomic E-state index is 13.3. The van der Waals surface area contributed by atoms with E-state index in [1.807, 2.05) is 57.2 Å². The van der Waals surface area contributed by atoms with Gasteiger partial charge in [0.25, 0.3) is 5.69 Å². The lowest BCUT2D eigenvalue weighted by Gasteiger charge is -2.13. The van der Waals surface area contributed by atoms with Gasteiger partial charge in [-0.1, -0.05) is 29.8 Å². The maximum Gasteiger partial charge on any atom is 0.269 e. The first-order chi connectivity index (χ1) is 14.8. The Morgan fingerprint density at radius 2 is 1.58 bits per heavy atom. The molecule has 0 bridgehead atoms. The van der Waals surface area contributed by atoms with Crippen molar-refractivity contribution in [3.05, 3.63) is 103 Å². The van der Waals surface area contributed by atoms with Crippen LogP contribution in [0.5, 0.6) is 5.75 Å². The van der Waals surface area contributed by atoms with Crippen LogP contribution in [0.25, 0.3) is 22.3 Å². The number of fused-ring (bicyclic) bond motifs is 1. The molecule has 0 unspecified atom stereocenters. The first kappa shape index (κ1) is 20.3. The molecule has 0 radical (unpaired) electrons. The number of nitro groups is 1. The van der Waals surface area contributed by atoms with Crippen molar-refractivity contribution in [2.45, 2.75) is 27.4 Å². The van der Waals surface area contributed by atoms with Crippen molar-refractivity contribution in [2.24, 2.45) is 0 Å². The molecule has 6 nitrogen and oxygen atoms in total. The van der Waals surface area contributed by atoms with Crippen molar-refractivity contribution < 1.29 is 14.1 Å². The number of ether oxygens (including phenoxy) is 1. The highest BCUT2D eigenvalue weighted by Gasteiger charge is 2.19. The van der Waals surface area contributed by atoms with Crippen molar-refractivity contribution in [3.8, 4) is 17.1 Å². The molecule has 0 aliphatic rings. The summed E-state index contributed by atoms with van der Waals surface area (Å²) >= 11 is 0. The molecule has 0 N–H and O–H groups in total. The standard InChI is InChI=1S/C25H21NO5/c1-15-4-8-19(9-5-15)24-25(30-14-18-6-10-20(11-7-18)26(28)29)23(27)21-12-16(2)17(3)13-22(21)31-24/h4-13H,14H2,1-3H3. The smallest absolute Gasteiger partial charge is 0.269 e. The minimum Gasteiger partial charge on any atom is -0.481 e. The van der Waals surface area contributed by atoms with E-state index in [-0.39, 0.29) is 23.5 Å². The molecule has 4 rings (SSSR count). The van der Waals surface area contributed by atoms with Crippen LogP contribution in [-0.2, 0) is 6.61 Å². The fraction of sp³-hybridized carbons (Fsp3) is 0.160. The quantitative estimate of drug-likeness (QED) is 0.301. The van der Waals surface area contributed by atoms with Gasteiger partial charge in [-0.05, 0) is 61.7 Å². The molecule has 0 saturated heterocycles. The van der Waals surface area contributed by atoms with Crippen LogP contribution in [0.15, 0.2) is 69.9 Å². The Labute approximate surface area is 178 Å². The molecule has 31 heavy (non-hydrogen) atoms. The van der Waals surface area contributed by atoms with Crippen LogP contribution in [0.4, 0.5) is 5.69 Å². The summed E-state index contributed by atoms with van der Waals surface area (Å²) in [6.07, 6.45) is 0. The number of aryl methyl sites for hydroxylation is 3. The summed E-state index contributed by atoms with van der Waals surface area (Å²) in [6.45, 7) is 5.98. The van der Waals surface area contributed by atoms with Gasteiger partial charge in [0, 0.05) is 17.7 Å². The van der Waals surface area contributed by atoms with Crippen LogP contribution in [0.2, 0.25) is 0 Å². The van der Waals surface area contributed by atoms with E-state index >= 15 is 0 Å². The predicted octanol–water partition coefficient (Wildman–Crippen LogP) is 5.87. The first-order valence-electron chi connectivity index (χ1n) is 9.84. The molecule has 0 aliphatic heterocycles. The van der Waals surface area contributed by atoms with Gasteiger partial charge in [0.05, 0.1) is 10.3 Å². The number of non-ortho nitro benzene ring substituents is 1. The highest BCUT2D eigenvalue weighted by Crippen LogP contribution is 2.32. The fourth-order valence-corrected chi connectivity index (χ4v) is 3.33. The number of rotatable bonds is 5. The van der Waals surface area contributed by atoms with Gasteiger partial charge < -0.3 is 9.15 Å². The van der Waals surface area contributed by atoms with Crippen molar-refractivity contribution >= 4 is 16.7 Å². The van der Waals surface area contributed by atoms with E-state index in [0.717, 1.165) is 22.3 Å². The van der Waals surface area contributed by atoms with Gasteiger partial charge in [0.1, 0.15) is 12.2 Å². The van der Waals surface area contributed by atoms with Crippen LogP contribution in [0.3, 0.4) is 0 Å². The molecule has 3 aromatic carbocycles. The Balaban J connectivity index is 1.81. The Hall–Kier alpha value is -3.93. The third-order valence-electron chi connectivity index (χ3n) is 5.31. The minimum atomic E-state index is -0.456. The molecule has 1 aromatic heterocycles. The average Bonchev–Trinajstić information content (AvgIpc) is 2.75. The Morgan fingerprint density at radius 3 is 2.23 bits per heavy atom. The van der Waals surface area contributed by atoms with E-state index in [2.05, 4.69) is 0 Å². The Bertz CT molecular complexity index is 1340. The van der Waals surface area contributed by atoms with E-state index in [4.69, 9.17) is 9.15 Å². The van der Waals surface area contributed by atoms with Crippen molar-refractivity contribution in [1.82, 2.24) is 0 Å². The highest BCUT2D eigenvalue weighted by molar-refractivity contribution is 5.83. The topological polar surface area (TPSA) is 82.6 Å². The maximum atomic E-state index is 13.3. The Morgan fingerprint density at radius 1 is 0.935 bits per heavy atom. The van der Waals surface area contributed by atoms with Crippen LogP contribution in [0.1, 0.15) is 22.3 Å². The second-order valence-electron chi connectivity index (χ2n) is 7.60. The molecule has 0 spiro atoms. The van der Waals surface area contributed by atoms with Gasteiger partial charge in [-0.15, -0.1) is 0 Å². The van der Waals surface area contributed by atoms with Gasteiger partial charge in [-0.2, -0.15) is 0 Å². The molecule has 0 saturated carbocycles. The monoisotopic (exact) mass is 415 g/mol. The summed E-state index contributed by atoms with van der Waals surface area (Å²) in [4.78, 5) is 23.7. The van der Waals surface area contributed by atoms with E-state index < -0.39 is 4.92 Å². The molecule has 0 amide bonds. The summed E-state index contributed by atoms with van der Waals surface area (Å²) in [5.41, 5.74) is 4.82. The van der Waals surface area contributed by atoms with E-state index in [0.29, 0.717) is 22.3 Å². The summed E-state index contributed by atoms with van der Waals surface area (Å²) in [6, 6.07) is 17.4. The summed E-state index contributed by atoms with van der Waals surface area (Å²) in [7, 11) is 0. The third kappa shape index (κ3) is 4.05. The second-order valence-corrected chi connectivity index (χ2v) is 7.60. The number of nitrogens with zero attached hydrogens (tertiary/aromatic N) is 1. The molecule has 156 valence electrons. The van der Waals surface area contributed by atoms with Gasteiger partial charge in [-0.3, -0.25) is 14.9 Å². The minimum absolute atomic E-state index is 0.000147. The van der Waals surface area contributed by atoms with E-state index in [9.17, 15) is 14.9 Å². The number of benzene rings is 3. The molecule has 1 heterocycles. The van der Waals surface area contributed by atoms with Gasteiger partial charge in [0.15, 0.2) is 5.76 Å². The largest absolute Gasteiger partial charge is 0.481 e. The molecular weight excluding hydrogens is 394 g/mol. The summed E-state index contributed by atoms with van der Waals surface area (Å²) in [5, 5.41) is 11.3. The average molecular weight is 415 g/mol. The lowest BCUT2D eigenvalue weighted by molar-refractivity contribution is -0.384. The fourth-order valence-electron chi connectivity index (χ4n) is 3.33. The highest BCUT2D eigenvalue weighted by atomic mass is 16.6. The van der Waals surface area contributed by atoms with E-state index in [1.54, 1.807) is 12.1 Å². The lowest BCUT2D eigenvalue weighted by Crippen LogP contribution is -2.10. The molecular formula is C25H21NO5. The molecule has 0 fully saturated rings. The van der Waals surface area contributed by atoms with Crippen LogP contribution in [-0.4, -0.2) is 4.92 Å². The predicted molar refractivity (Wildman–Crippen MR) is 120 cm³/mol. The van der Waals surface area contributed by atoms with Gasteiger partial charge in [-0.25, -0.2) is 0 Å². The molecule has 4 aromatic rings. The van der Waals surface area contributed by atoms with Crippen LogP contribution in [0, 0.1) is 30.9 Å². The zero-order chi connectivity index (χ0) is 22.1. The van der Waals surface area contributed by atoms with Crippen molar-refractivity contribution in [1.29, 1.82) is 0 Å². The zero-order valence-electron chi connectivity index (χ0n) is 17.5.